The van der Waals surface area contributed by atoms with E-state index in [1.807, 2.05) is 11.8 Å². The molecule has 0 aromatic carbocycles. The van der Waals surface area contributed by atoms with Gasteiger partial charge in [0, 0.05) is 18.3 Å². The van der Waals surface area contributed by atoms with Crippen LogP contribution in [0.3, 0.4) is 0 Å². The molecule has 2 amide bonds. The van der Waals surface area contributed by atoms with Crippen LogP contribution in [0.15, 0.2) is 0 Å². The number of hydrogen-bond acceptors (Lipinski definition) is 3. The third-order valence-electron chi connectivity index (χ3n) is 2.83. The molecule has 2 N–H and O–H groups in total. The highest BCUT2D eigenvalue weighted by Gasteiger charge is 2.26. The second-order valence-electron chi connectivity index (χ2n) is 4.29. The summed E-state index contributed by atoms with van der Waals surface area (Å²) < 4.78 is 0. The second kappa shape index (κ2) is 6.74. The second-order valence-corrected chi connectivity index (χ2v) is 5.86. The zero-order chi connectivity index (χ0) is 12.8. The summed E-state index contributed by atoms with van der Waals surface area (Å²) in [7, 11) is 1.50. The molecule has 0 aliphatic heterocycles. The van der Waals surface area contributed by atoms with Gasteiger partial charge in [0.15, 0.2) is 0 Å². The van der Waals surface area contributed by atoms with E-state index in [1.54, 1.807) is 0 Å². The lowest BCUT2D eigenvalue weighted by Crippen LogP contribution is -2.44. The van der Waals surface area contributed by atoms with Crippen LogP contribution in [0.5, 0.6) is 0 Å². The number of amides is 2. The molecule has 0 saturated heterocycles. The molecule has 0 heterocycles. The molecule has 0 aromatic heterocycles. The topological polar surface area (TPSA) is 69.6 Å². The molecule has 5 nitrogen and oxygen atoms in total. The van der Waals surface area contributed by atoms with Crippen LogP contribution in [0.2, 0.25) is 0 Å². The molecule has 2 atom stereocenters. The first kappa shape index (κ1) is 14.2. The molecule has 1 aliphatic rings. The predicted molar refractivity (Wildman–Crippen MR) is 68.4 cm³/mol. The van der Waals surface area contributed by atoms with Gasteiger partial charge in [0.1, 0.15) is 6.54 Å². The van der Waals surface area contributed by atoms with Crippen molar-refractivity contribution in [3.8, 4) is 0 Å². The van der Waals surface area contributed by atoms with Crippen LogP contribution in [0.25, 0.3) is 0 Å². The van der Waals surface area contributed by atoms with Gasteiger partial charge in [-0.15, -0.1) is 0 Å². The van der Waals surface area contributed by atoms with Gasteiger partial charge in [-0.1, -0.05) is 6.92 Å². The average molecular weight is 260 g/mol. The lowest BCUT2D eigenvalue weighted by molar-refractivity contribution is -0.137. The number of nitrogens with zero attached hydrogens (tertiary/aromatic N) is 1. The van der Waals surface area contributed by atoms with Crippen LogP contribution in [0, 0.1) is 0 Å². The number of urea groups is 1. The summed E-state index contributed by atoms with van der Waals surface area (Å²) in [6.45, 7) is 1.88. The molecule has 0 aromatic rings. The van der Waals surface area contributed by atoms with Crippen molar-refractivity contribution >= 4 is 23.8 Å². The molecule has 1 fully saturated rings. The van der Waals surface area contributed by atoms with Crippen molar-refractivity contribution in [1.29, 1.82) is 0 Å². The Morgan fingerprint density at radius 3 is 2.76 bits per heavy atom. The summed E-state index contributed by atoms with van der Waals surface area (Å²) in [4.78, 5) is 23.3. The fraction of sp³-hybridized carbons (Fsp3) is 0.818. The SMILES string of the molecule is CCSC1CCC(NC(=O)N(C)CC(=O)O)C1. The van der Waals surface area contributed by atoms with Gasteiger partial charge in [-0.25, -0.2) is 4.79 Å². The number of carboxylic acids is 1. The van der Waals surface area contributed by atoms with E-state index in [9.17, 15) is 9.59 Å². The molecule has 98 valence electrons. The highest BCUT2D eigenvalue weighted by molar-refractivity contribution is 7.99. The number of thioether (sulfide) groups is 1. The summed E-state index contributed by atoms with van der Waals surface area (Å²) in [5.74, 6) is 0.109. The van der Waals surface area contributed by atoms with Crippen molar-refractivity contribution in [2.45, 2.75) is 37.5 Å². The Kier molecular flexibility index (Phi) is 5.61. The Morgan fingerprint density at radius 2 is 2.18 bits per heavy atom. The lowest BCUT2D eigenvalue weighted by Gasteiger charge is -2.19. The van der Waals surface area contributed by atoms with Gasteiger partial charge in [0.05, 0.1) is 0 Å². The monoisotopic (exact) mass is 260 g/mol. The zero-order valence-corrected chi connectivity index (χ0v) is 11.1. The quantitative estimate of drug-likeness (QED) is 0.783. The Bertz CT molecular complexity index is 286. The van der Waals surface area contributed by atoms with Crippen LogP contribution in [-0.4, -0.2) is 52.6 Å². The number of likely N-dealkylation sites (N-methyl/N-ethyl adjacent to an activating group) is 1. The Hall–Kier alpha value is -0.910. The molecule has 1 rings (SSSR count). The number of hydrogen-bond donors (Lipinski definition) is 2. The van der Waals surface area contributed by atoms with E-state index in [0.29, 0.717) is 5.25 Å². The summed E-state index contributed by atoms with van der Waals surface area (Å²) in [6.07, 6.45) is 3.11. The van der Waals surface area contributed by atoms with Gasteiger partial charge in [0.2, 0.25) is 0 Å². The Morgan fingerprint density at radius 1 is 1.47 bits per heavy atom. The number of carbonyl (C=O) groups excluding carboxylic acids is 1. The van der Waals surface area contributed by atoms with Crippen LogP contribution in [0.1, 0.15) is 26.2 Å². The van der Waals surface area contributed by atoms with Crippen molar-refractivity contribution in [2.24, 2.45) is 0 Å². The van der Waals surface area contributed by atoms with Gasteiger partial charge in [-0.2, -0.15) is 11.8 Å². The first-order valence-electron chi connectivity index (χ1n) is 5.88. The van der Waals surface area contributed by atoms with Gasteiger partial charge >= 0.3 is 12.0 Å². The summed E-state index contributed by atoms with van der Waals surface area (Å²) in [5, 5.41) is 12.1. The van der Waals surface area contributed by atoms with Gasteiger partial charge in [-0.3, -0.25) is 4.79 Å². The van der Waals surface area contributed by atoms with E-state index >= 15 is 0 Å². The summed E-state index contributed by atoms with van der Waals surface area (Å²) >= 11 is 1.93. The molecular formula is C11H20N2O3S. The minimum atomic E-state index is -0.992. The number of carbonyl (C=O) groups is 2. The standard InChI is InChI=1S/C11H20N2O3S/c1-3-17-9-5-4-8(6-9)12-11(16)13(2)7-10(14)15/h8-9H,3-7H2,1-2H3,(H,12,16)(H,14,15). The normalized spacial score (nSPS) is 23.4. The van der Waals surface area contributed by atoms with Crippen LogP contribution in [-0.2, 0) is 4.79 Å². The maximum absolute atomic E-state index is 11.6. The summed E-state index contributed by atoms with van der Waals surface area (Å²) in [5.41, 5.74) is 0. The van der Waals surface area contributed by atoms with Gasteiger partial charge in [-0.05, 0) is 25.0 Å². The van der Waals surface area contributed by atoms with E-state index in [1.165, 1.54) is 11.9 Å². The van der Waals surface area contributed by atoms with E-state index in [-0.39, 0.29) is 18.6 Å². The first-order chi connectivity index (χ1) is 8.02. The molecule has 17 heavy (non-hydrogen) atoms. The smallest absolute Gasteiger partial charge is 0.323 e. The first-order valence-corrected chi connectivity index (χ1v) is 6.92. The van der Waals surface area contributed by atoms with Crippen molar-refractivity contribution in [3.05, 3.63) is 0 Å². The zero-order valence-electron chi connectivity index (χ0n) is 10.3. The molecule has 1 saturated carbocycles. The molecule has 6 heteroatoms. The van der Waals surface area contributed by atoms with E-state index in [2.05, 4.69) is 12.2 Å². The molecule has 2 unspecified atom stereocenters. The molecular weight excluding hydrogens is 240 g/mol. The van der Waals surface area contributed by atoms with Gasteiger partial charge < -0.3 is 15.3 Å². The van der Waals surface area contributed by atoms with Crippen molar-refractivity contribution in [2.75, 3.05) is 19.3 Å². The fourth-order valence-electron chi connectivity index (χ4n) is 2.02. The Labute approximate surface area is 106 Å². The molecule has 0 radical (unpaired) electrons. The fourth-order valence-corrected chi connectivity index (χ4v) is 3.16. The predicted octanol–water partition coefficient (Wildman–Crippen LogP) is 1.39. The maximum Gasteiger partial charge on any atom is 0.323 e. The number of aliphatic carboxylic acids is 1. The third kappa shape index (κ3) is 4.85. The number of rotatable bonds is 5. The molecule has 0 bridgehead atoms. The molecule has 1 aliphatic carbocycles. The third-order valence-corrected chi connectivity index (χ3v) is 4.07. The van der Waals surface area contributed by atoms with E-state index in [4.69, 9.17) is 5.11 Å². The maximum atomic E-state index is 11.6. The minimum absolute atomic E-state index is 0.197. The highest BCUT2D eigenvalue weighted by Crippen LogP contribution is 2.29. The average Bonchev–Trinajstić information content (AvgIpc) is 2.65. The van der Waals surface area contributed by atoms with Crippen LogP contribution in [0.4, 0.5) is 4.79 Å². The molecule has 0 spiro atoms. The highest BCUT2D eigenvalue weighted by atomic mass is 32.2. The van der Waals surface area contributed by atoms with Crippen molar-refractivity contribution < 1.29 is 14.7 Å². The van der Waals surface area contributed by atoms with Gasteiger partial charge in [0.25, 0.3) is 0 Å². The van der Waals surface area contributed by atoms with Crippen molar-refractivity contribution in [1.82, 2.24) is 10.2 Å². The van der Waals surface area contributed by atoms with E-state index < -0.39 is 5.97 Å². The number of nitrogens with one attached hydrogen (secondary N) is 1. The number of carboxylic acid groups (broad SMARTS) is 1. The van der Waals surface area contributed by atoms with Crippen molar-refractivity contribution in [3.63, 3.8) is 0 Å². The Balaban J connectivity index is 2.30. The largest absolute Gasteiger partial charge is 0.480 e. The van der Waals surface area contributed by atoms with Crippen LogP contribution >= 0.6 is 11.8 Å². The lowest BCUT2D eigenvalue weighted by atomic mass is 10.2. The summed E-state index contributed by atoms with van der Waals surface area (Å²) in [6, 6.07) is -0.0951. The van der Waals surface area contributed by atoms with Crippen LogP contribution < -0.4 is 5.32 Å². The minimum Gasteiger partial charge on any atom is -0.480 e. The van der Waals surface area contributed by atoms with E-state index in [0.717, 1.165) is 25.0 Å².